The van der Waals surface area contributed by atoms with E-state index in [2.05, 4.69) is 30.3 Å². The van der Waals surface area contributed by atoms with Gasteiger partial charge < -0.3 is 19.9 Å². The number of rotatable bonds is 8. The van der Waals surface area contributed by atoms with E-state index in [1.54, 1.807) is 0 Å². The molecule has 5 heteroatoms. The number of hydrogen-bond donors (Lipinski definition) is 1. The molecule has 0 unspecified atom stereocenters. The Balaban J connectivity index is 1.80. The lowest BCUT2D eigenvalue weighted by Gasteiger charge is -2.19. The molecule has 164 valence electrons. The molecule has 0 aromatic heterocycles. The highest BCUT2D eigenvalue weighted by Gasteiger charge is 2.16. The molecular formula is C27H27NO4. The Kier molecular flexibility index (Phi) is 6.45. The van der Waals surface area contributed by atoms with Crippen molar-refractivity contribution in [3.05, 3.63) is 83.9 Å². The first-order chi connectivity index (χ1) is 15.5. The minimum atomic E-state index is -0.807. The molecule has 2 N–H and O–H groups in total. The summed E-state index contributed by atoms with van der Waals surface area (Å²) in [5.41, 5.74) is 7.24. The van der Waals surface area contributed by atoms with Gasteiger partial charge in [-0.1, -0.05) is 60.7 Å². The number of benzene rings is 4. The van der Waals surface area contributed by atoms with Crippen molar-refractivity contribution in [2.75, 3.05) is 13.2 Å². The van der Waals surface area contributed by atoms with E-state index < -0.39 is 6.09 Å². The summed E-state index contributed by atoms with van der Waals surface area (Å²) in [4.78, 5) is 10.9. The van der Waals surface area contributed by atoms with Crippen molar-refractivity contribution in [1.82, 2.24) is 0 Å². The van der Waals surface area contributed by atoms with Gasteiger partial charge in [0.05, 0.1) is 6.10 Å². The summed E-state index contributed by atoms with van der Waals surface area (Å²) in [6.45, 7) is 4.38. The van der Waals surface area contributed by atoms with E-state index in [1.807, 2.05) is 56.3 Å². The van der Waals surface area contributed by atoms with Crippen LogP contribution in [0.1, 0.15) is 25.0 Å². The average Bonchev–Trinajstić information content (AvgIpc) is 2.78. The quantitative estimate of drug-likeness (QED) is 0.357. The van der Waals surface area contributed by atoms with Gasteiger partial charge in [-0.2, -0.15) is 0 Å². The van der Waals surface area contributed by atoms with Gasteiger partial charge in [0.25, 0.3) is 0 Å². The molecule has 0 aliphatic heterocycles. The normalized spacial score (nSPS) is 11.1. The summed E-state index contributed by atoms with van der Waals surface area (Å²) >= 11 is 0. The molecule has 0 aliphatic carbocycles. The molecule has 4 aromatic rings. The van der Waals surface area contributed by atoms with Crippen LogP contribution in [0.5, 0.6) is 11.5 Å². The summed E-state index contributed by atoms with van der Waals surface area (Å²) in [5.74, 6) is 1.62. The molecule has 0 saturated carbocycles. The van der Waals surface area contributed by atoms with Crippen LogP contribution in [0.3, 0.4) is 0 Å². The first kappa shape index (κ1) is 21.5. The van der Waals surface area contributed by atoms with Gasteiger partial charge in [-0.3, -0.25) is 0 Å². The van der Waals surface area contributed by atoms with E-state index in [1.165, 1.54) is 0 Å². The Bertz CT molecular complexity index is 1250. The number of ether oxygens (including phenoxy) is 3. The lowest BCUT2D eigenvalue weighted by atomic mass is 9.93. The van der Waals surface area contributed by atoms with E-state index in [-0.39, 0.29) is 19.3 Å². The largest absolute Gasteiger partial charge is 0.491 e. The fraction of sp³-hybridized carbons (Fsp3) is 0.222. The van der Waals surface area contributed by atoms with Gasteiger partial charge in [0, 0.05) is 17.5 Å². The lowest BCUT2D eigenvalue weighted by molar-refractivity contribution is 0.133. The second-order valence-electron chi connectivity index (χ2n) is 7.89. The Morgan fingerprint density at radius 3 is 1.94 bits per heavy atom. The molecule has 0 saturated heterocycles. The molecule has 0 bridgehead atoms. The van der Waals surface area contributed by atoms with Gasteiger partial charge in [-0.25, -0.2) is 4.79 Å². The molecule has 0 spiro atoms. The first-order valence-electron chi connectivity index (χ1n) is 10.8. The van der Waals surface area contributed by atoms with Gasteiger partial charge in [0.1, 0.15) is 24.7 Å². The van der Waals surface area contributed by atoms with Crippen molar-refractivity contribution in [1.29, 1.82) is 0 Å². The van der Waals surface area contributed by atoms with Gasteiger partial charge >= 0.3 is 6.09 Å². The van der Waals surface area contributed by atoms with Crippen molar-refractivity contribution < 1.29 is 19.0 Å². The fourth-order valence-corrected chi connectivity index (χ4v) is 3.97. The van der Waals surface area contributed by atoms with Gasteiger partial charge in [-0.15, -0.1) is 0 Å². The van der Waals surface area contributed by atoms with Crippen LogP contribution in [-0.4, -0.2) is 25.4 Å². The van der Waals surface area contributed by atoms with Crippen LogP contribution in [0.4, 0.5) is 4.79 Å². The summed E-state index contributed by atoms with van der Waals surface area (Å²) in [7, 11) is 0. The molecule has 1 amide bonds. The zero-order chi connectivity index (χ0) is 22.5. The highest BCUT2D eigenvalue weighted by Crippen LogP contribution is 2.36. The van der Waals surface area contributed by atoms with E-state index in [4.69, 9.17) is 19.9 Å². The number of carbonyl (C=O) groups excluding carboxylic acids is 1. The molecule has 4 rings (SSSR count). The van der Waals surface area contributed by atoms with Crippen LogP contribution in [0.15, 0.2) is 72.8 Å². The van der Waals surface area contributed by atoms with Crippen molar-refractivity contribution in [2.24, 2.45) is 5.73 Å². The standard InChI is InChI=1S/C27H27NO4/c1-18(2)32-26-14-12-20-8-4-6-10-22(20)24(26)17-23-21-9-5-3-7-19(21)11-13-25(23)30-15-16-31-27(28)29/h3-14,18H,15-17H2,1-2H3,(H2,28,29). The Morgan fingerprint density at radius 1 is 0.781 bits per heavy atom. The number of primary amides is 1. The van der Waals surface area contributed by atoms with Gasteiger partial charge in [0.15, 0.2) is 0 Å². The summed E-state index contributed by atoms with van der Waals surface area (Å²) in [6, 6.07) is 24.7. The second-order valence-corrected chi connectivity index (χ2v) is 7.89. The third-order valence-corrected chi connectivity index (χ3v) is 5.30. The van der Waals surface area contributed by atoms with Crippen LogP contribution >= 0.6 is 0 Å². The molecular weight excluding hydrogens is 402 g/mol. The van der Waals surface area contributed by atoms with Crippen LogP contribution in [0.25, 0.3) is 21.5 Å². The smallest absolute Gasteiger partial charge is 0.404 e. The van der Waals surface area contributed by atoms with Crippen LogP contribution in [-0.2, 0) is 11.2 Å². The Labute approximate surface area is 187 Å². The molecule has 0 heterocycles. The topological polar surface area (TPSA) is 70.8 Å². The Hall–Kier alpha value is -3.73. The predicted octanol–water partition coefficient (Wildman–Crippen LogP) is 5.85. The summed E-state index contributed by atoms with van der Waals surface area (Å²) in [6.07, 6.45) is -0.112. The molecule has 0 radical (unpaired) electrons. The van der Waals surface area contributed by atoms with E-state index in [0.717, 1.165) is 44.2 Å². The average molecular weight is 430 g/mol. The molecule has 4 aromatic carbocycles. The van der Waals surface area contributed by atoms with Gasteiger partial charge in [-0.05, 0) is 47.5 Å². The van der Waals surface area contributed by atoms with Crippen LogP contribution < -0.4 is 15.2 Å². The van der Waals surface area contributed by atoms with Crippen molar-refractivity contribution in [3.63, 3.8) is 0 Å². The zero-order valence-electron chi connectivity index (χ0n) is 18.3. The number of hydrogen-bond acceptors (Lipinski definition) is 4. The van der Waals surface area contributed by atoms with Crippen molar-refractivity contribution >= 4 is 27.6 Å². The predicted molar refractivity (Wildman–Crippen MR) is 127 cm³/mol. The maximum atomic E-state index is 10.9. The SMILES string of the molecule is CC(C)Oc1ccc2ccccc2c1Cc1c(OCCOC(N)=O)ccc2ccccc12. The first-order valence-corrected chi connectivity index (χ1v) is 10.8. The number of carbonyl (C=O) groups is 1. The zero-order valence-corrected chi connectivity index (χ0v) is 18.3. The number of fused-ring (bicyclic) bond motifs is 2. The lowest BCUT2D eigenvalue weighted by Crippen LogP contribution is -2.17. The van der Waals surface area contributed by atoms with E-state index in [9.17, 15) is 4.79 Å². The monoisotopic (exact) mass is 429 g/mol. The number of amides is 1. The maximum absolute atomic E-state index is 10.9. The minimum Gasteiger partial charge on any atom is -0.491 e. The Morgan fingerprint density at radius 2 is 1.34 bits per heavy atom. The molecule has 5 nitrogen and oxygen atoms in total. The van der Waals surface area contributed by atoms with Crippen molar-refractivity contribution in [2.45, 2.75) is 26.4 Å². The third-order valence-electron chi connectivity index (χ3n) is 5.30. The third kappa shape index (κ3) is 4.78. The maximum Gasteiger partial charge on any atom is 0.404 e. The van der Waals surface area contributed by atoms with Crippen molar-refractivity contribution in [3.8, 4) is 11.5 Å². The van der Waals surface area contributed by atoms with Gasteiger partial charge in [0.2, 0.25) is 0 Å². The van der Waals surface area contributed by atoms with Crippen LogP contribution in [0.2, 0.25) is 0 Å². The molecule has 0 fully saturated rings. The summed E-state index contributed by atoms with van der Waals surface area (Å²) < 4.78 is 17.0. The van der Waals surface area contributed by atoms with E-state index in [0.29, 0.717) is 6.42 Å². The fourth-order valence-electron chi connectivity index (χ4n) is 3.97. The molecule has 0 aliphatic rings. The van der Waals surface area contributed by atoms with E-state index >= 15 is 0 Å². The number of nitrogens with two attached hydrogens (primary N) is 1. The highest BCUT2D eigenvalue weighted by molar-refractivity contribution is 5.91. The second kappa shape index (κ2) is 9.60. The van der Waals surface area contributed by atoms with Crippen LogP contribution in [0, 0.1) is 0 Å². The minimum absolute atomic E-state index is 0.0594. The summed E-state index contributed by atoms with van der Waals surface area (Å²) in [5, 5.41) is 4.57. The molecule has 32 heavy (non-hydrogen) atoms. The highest BCUT2D eigenvalue weighted by atomic mass is 16.6. The molecule has 0 atom stereocenters.